The first kappa shape index (κ1) is 16.9. The maximum atomic E-state index is 12.9. The van der Waals surface area contributed by atoms with Crippen LogP contribution in [0.25, 0.3) is 5.69 Å². The van der Waals surface area contributed by atoms with Gasteiger partial charge in [0, 0.05) is 4.47 Å². The van der Waals surface area contributed by atoms with Gasteiger partial charge < -0.3 is 0 Å². The van der Waals surface area contributed by atoms with E-state index in [1.165, 1.54) is 4.68 Å². The Morgan fingerprint density at radius 2 is 1.62 bits per heavy atom. The monoisotopic (exact) mass is 405 g/mol. The summed E-state index contributed by atoms with van der Waals surface area (Å²) in [5, 5.41) is 7.93. The van der Waals surface area contributed by atoms with Crippen LogP contribution in [0.3, 0.4) is 0 Å². The molecule has 2 aromatic carbocycles. The van der Waals surface area contributed by atoms with E-state index in [1.54, 1.807) is 25.1 Å². The molecule has 0 saturated heterocycles. The third-order valence-corrected chi connectivity index (χ3v) is 6.26. The van der Waals surface area contributed by atoms with Gasteiger partial charge in [0.1, 0.15) is 0 Å². The van der Waals surface area contributed by atoms with Crippen LogP contribution in [0.15, 0.2) is 56.9 Å². The maximum Gasteiger partial charge on any atom is 0.227 e. The highest BCUT2D eigenvalue weighted by Crippen LogP contribution is 2.25. The molecule has 5 nitrogen and oxygen atoms in total. The Bertz CT molecular complexity index is 1010. The van der Waals surface area contributed by atoms with Gasteiger partial charge in [0.15, 0.2) is 0 Å². The lowest BCUT2D eigenvalue weighted by Crippen LogP contribution is -2.06. The number of hydrogen-bond acceptors (Lipinski definition) is 4. The SMILES string of the molecule is Cc1ccc(S(=O)(=O)c2nnn(-c3ccc(Br)cc3)c2C)cc1C. The number of nitrogens with zero attached hydrogens (tertiary/aromatic N) is 3. The Balaban J connectivity index is 2.09. The van der Waals surface area contributed by atoms with E-state index < -0.39 is 9.84 Å². The molecule has 0 bridgehead atoms. The van der Waals surface area contributed by atoms with E-state index in [1.807, 2.05) is 38.1 Å². The summed E-state index contributed by atoms with van der Waals surface area (Å²) in [4.78, 5) is 0.233. The van der Waals surface area contributed by atoms with Gasteiger partial charge in [0.05, 0.1) is 16.3 Å². The minimum Gasteiger partial charge on any atom is -0.217 e. The summed E-state index contributed by atoms with van der Waals surface area (Å²) in [7, 11) is -3.71. The fourth-order valence-electron chi connectivity index (χ4n) is 2.38. The molecular formula is C17H16BrN3O2S. The Morgan fingerprint density at radius 3 is 2.25 bits per heavy atom. The van der Waals surface area contributed by atoms with E-state index in [2.05, 4.69) is 26.2 Å². The molecule has 124 valence electrons. The van der Waals surface area contributed by atoms with Crippen molar-refractivity contribution in [1.82, 2.24) is 15.0 Å². The second-order valence-electron chi connectivity index (χ2n) is 5.62. The molecule has 0 aliphatic rings. The number of aryl methyl sites for hydroxylation is 2. The molecular weight excluding hydrogens is 390 g/mol. The summed E-state index contributed by atoms with van der Waals surface area (Å²) < 4.78 is 28.3. The van der Waals surface area contributed by atoms with Gasteiger partial charge >= 0.3 is 0 Å². The van der Waals surface area contributed by atoms with Crippen molar-refractivity contribution in [3.05, 3.63) is 63.8 Å². The van der Waals surface area contributed by atoms with Crippen molar-refractivity contribution in [2.75, 3.05) is 0 Å². The molecule has 0 aliphatic heterocycles. The molecule has 0 saturated carbocycles. The van der Waals surface area contributed by atoms with Crippen LogP contribution in [-0.2, 0) is 9.84 Å². The lowest BCUT2D eigenvalue weighted by Gasteiger charge is -2.07. The Morgan fingerprint density at radius 1 is 0.958 bits per heavy atom. The number of sulfone groups is 1. The molecule has 0 N–H and O–H groups in total. The number of benzene rings is 2. The number of hydrogen-bond donors (Lipinski definition) is 0. The molecule has 0 amide bonds. The van der Waals surface area contributed by atoms with Crippen molar-refractivity contribution in [1.29, 1.82) is 0 Å². The molecule has 3 aromatic rings. The first-order valence-corrected chi connectivity index (χ1v) is 9.59. The Kier molecular flexibility index (Phi) is 4.31. The van der Waals surface area contributed by atoms with E-state index in [0.717, 1.165) is 21.3 Å². The zero-order valence-corrected chi connectivity index (χ0v) is 15.9. The van der Waals surface area contributed by atoms with Crippen molar-refractivity contribution in [3.8, 4) is 5.69 Å². The van der Waals surface area contributed by atoms with Crippen LogP contribution >= 0.6 is 15.9 Å². The van der Waals surface area contributed by atoms with Crippen molar-refractivity contribution < 1.29 is 8.42 Å². The third-order valence-electron chi connectivity index (χ3n) is 3.97. The predicted octanol–water partition coefficient (Wildman–Crippen LogP) is 3.79. The fourth-order valence-corrected chi connectivity index (χ4v) is 4.07. The van der Waals surface area contributed by atoms with Gasteiger partial charge in [-0.2, -0.15) is 0 Å². The molecule has 0 aliphatic carbocycles. The largest absolute Gasteiger partial charge is 0.227 e. The molecule has 3 rings (SSSR count). The number of aromatic nitrogens is 3. The van der Waals surface area contributed by atoms with Crippen LogP contribution in [0.4, 0.5) is 0 Å². The van der Waals surface area contributed by atoms with Gasteiger partial charge in [-0.1, -0.05) is 27.2 Å². The van der Waals surface area contributed by atoms with E-state index >= 15 is 0 Å². The Labute approximate surface area is 149 Å². The molecule has 1 aromatic heterocycles. The summed E-state index contributed by atoms with van der Waals surface area (Å²) in [5.41, 5.74) is 3.21. The summed E-state index contributed by atoms with van der Waals surface area (Å²) in [6.45, 7) is 5.54. The molecule has 0 spiro atoms. The van der Waals surface area contributed by atoms with Crippen molar-refractivity contribution in [2.45, 2.75) is 30.7 Å². The first-order valence-electron chi connectivity index (χ1n) is 7.31. The van der Waals surface area contributed by atoms with Gasteiger partial charge in [-0.05, 0) is 68.3 Å². The minimum atomic E-state index is -3.71. The van der Waals surface area contributed by atoms with Gasteiger partial charge in [-0.3, -0.25) is 0 Å². The van der Waals surface area contributed by atoms with E-state index in [0.29, 0.717) is 5.69 Å². The second kappa shape index (κ2) is 6.14. The minimum absolute atomic E-state index is 0.0197. The number of rotatable bonds is 3. The molecule has 0 unspecified atom stereocenters. The normalized spacial score (nSPS) is 11.7. The molecule has 0 fully saturated rings. The van der Waals surface area contributed by atoms with Gasteiger partial charge in [-0.15, -0.1) is 5.10 Å². The van der Waals surface area contributed by atoms with Gasteiger partial charge in [-0.25, -0.2) is 13.1 Å². The molecule has 0 atom stereocenters. The van der Waals surface area contributed by atoms with Crippen molar-refractivity contribution >= 4 is 25.8 Å². The summed E-state index contributed by atoms with van der Waals surface area (Å²) in [6.07, 6.45) is 0. The predicted molar refractivity (Wildman–Crippen MR) is 95.2 cm³/mol. The summed E-state index contributed by atoms with van der Waals surface area (Å²) in [5.74, 6) is 0. The second-order valence-corrected chi connectivity index (χ2v) is 8.40. The van der Waals surface area contributed by atoms with Gasteiger partial charge in [0.2, 0.25) is 14.9 Å². The van der Waals surface area contributed by atoms with E-state index in [-0.39, 0.29) is 9.92 Å². The van der Waals surface area contributed by atoms with Crippen LogP contribution in [0.5, 0.6) is 0 Å². The zero-order chi connectivity index (χ0) is 17.5. The highest BCUT2D eigenvalue weighted by Gasteiger charge is 2.26. The lowest BCUT2D eigenvalue weighted by molar-refractivity contribution is 0.591. The standard InChI is InChI=1S/C17H16BrN3O2S/c1-11-4-9-16(10-12(11)2)24(22,23)17-13(3)21(20-19-17)15-7-5-14(18)6-8-15/h4-10H,1-3H3. The van der Waals surface area contributed by atoms with E-state index in [4.69, 9.17) is 0 Å². The lowest BCUT2D eigenvalue weighted by atomic mass is 10.1. The molecule has 0 radical (unpaired) electrons. The topological polar surface area (TPSA) is 64.8 Å². The summed E-state index contributed by atoms with van der Waals surface area (Å²) >= 11 is 3.38. The summed E-state index contributed by atoms with van der Waals surface area (Å²) in [6, 6.07) is 12.5. The molecule has 7 heteroatoms. The highest BCUT2D eigenvalue weighted by molar-refractivity contribution is 9.10. The fraction of sp³-hybridized carbons (Fsp3) is 0.176. The zero-order valence-electron chi connectivity index (χ0n) is 13.5. The van der Waals surface area contributed by atoms with Crippen LogP contribution in [-0.4, -0.2) is 23.4 Å². The average molecular weight is 406 g/mol. The van der Waals surface area contributed by atoms with Crippen LogP contribution in [0.1, 0.15) is 16.8 Å². The van der Waals surface area contributed by atoms with Crippen LogP contribution < -0.4 is 0 Å². The Hall–Kier alpha value is -1.99. The maximum absolute atomic E-state index is 12.9. The number of halogens is 1. The molecule has 1 heterocycles. The average Bonchev–Trinajstić information content (AvgIpc) is 2.93. The van der Waals surface area contributed by atoms with E-state index in [9.17, 15) is 8.42 Å². The quantitative estimate of drug-likeness (QED) is 0.664. The van der Waals surface area contributed by atoms with Gasteiger partial charge in [0.25, 0.3) is 0 Å². The van der Waals surface area contributed by atoms with Crippen LogP contribution in [0.2, 0.25) is 0 Å². The highest BCUT2D eigenvalue weighted by atomic mass is 79.9. The van der Waals surface area contributed by atoms with Crippen molar-refractivity contribution in [3.63, 3.8) is 0 Å². The van der Waals surface area contributed by atoms with Crippen LogP contribution in [0, 0.1) is 20.8 Å². The third kappa shape index (κ3) is 2.89. The van der Waals surface area contributed by atoms with Crippen molar-refractivity contribution in [2.24, 2.45) is 0 Å². The smallest absolute Gasteiger partial charge is 0.217 e. The first-order chi connectivity index (χ1) is 11.3. The molecule has 24 heavy (non-hydrogen) atoms.